The van der Waals surface area contributed by atoms with Crippen LogP contribution in [0.3, 0.4) is 0 Å². The molecule has 1 aliphatic rings. The van der Waals surface area contributed by atoms with Gasteiger partial charge in [-0.25, -0.2) is 17.4 Å². The third-order valence-electron chi connectivity index (χ3n) is 4.97. The van der Waals surface area contributed by atoms with Crippen LogP contribution in [0, 0.1) is 0 Å². The molecule has 10 heteroatoms. The largest absolute Gasteiger partial charge is 0.494 e. The molecule has 2 aromatic rings. The van der Waals surface area contributed by atoms with Crippen LogP contribution in [0.2, 0.25) is 0 Å². The number of piperazine rings is 1. The summed E-state index contributed by atoms with van der Waals surface area (Å²) in [7, 11) is 0.106. The van der Waals surface area contributed by atoms with Crippen molar-refractivity contribution in [3.8, 4) is 5.75 Å². The standard InChI is InChI=1S/C19H29N5O3S2/c1-19(2,3)17-20-13-12-16(27-5)14(11-15(13)24(17)29(6,25)26)21-18(28)23-9-7-22(4)8-10-23/h11-12H,7-10H2,1-6H3,(H,21,28). The molecule has 0 unspecified atom stereocenters. The highest BCUT2D eigenvalue weighted by molar-refractivity contribution is 7.89. The summed E-state index contributed by atoms with van der Waals surface area (Å²) in [4.78, 5) is 8.96. The van der Waals surface area contributed by atoms with Gasteiger partial charge < -0.3 is 19.9 Å². The van der Waals surface area contributed by atoms with Crippen LogP contribution in [0.4, 0.5) is 5.69 Å². The van der Waals surface area contributed by atoms with E-state index in [4.69, 9.17) is 17.0 Å². The third kappa shape index (κ3) is 4.49. The zero-order valence-electron chi connectivity index (χ0n) is 17.8. The van der Waals surface area contributed by atoms with E-state index < -0.39 is 15.4 Å². The van der Waals surface area contributed by atoms with E-state index in [9.17, 15) is 8.42 Å². The van der Waals surface area contributed by atoms with E-state index >= 15 is 0 Å². The fraction of sp³-hybridized carbons (Fsp3) is 0.579. The zero-order valence-corrected chi connectivity index (χ0v) is 19.4. The average molecular weight is 440 g/mol. The molecule has 0 spiro atoms. The summed E-state index contributed by atoms with van der Waals surface area (Å²) in [6, 6.07) is 3.50. The summed E-state index contributed by atoms with van der Waals surface area (Å²) in [5.41, 5.74) is 1.24. The van der Waals surface area contributed by atoms with E-state index in [0.29, 0.717) is 33.4 Å². The van der Waals surface area contributed by atoms with E-state index in [2.05, 4.69) is 27.1 Å². The minimum atomic E-state index is -3.55. The van der Waals surface area contributed by atoms with Gasteiger partial charge in [-0.3, -0.25) is 0 Å². The molecule has 0 radical (unpaired) electrons. The monoisotopic (exact) mass is 439 g/mol. The van der Waals surface area contributed by atoms with Gasteiger partial charge in [0.2, 0.25) is 10.0 Å². The number of likely N-dealkylation sites (N-methyl/N-ethyl adjacent to an activating group) is 1. The van der Waals surface area contributed by atoms with Crippen LogP contribution in [0.15, 0.2) is 12.1 Å². The number of nitrogens with zero attached hydrogens (tertiary/aromatic N) is 4. The van der Waals surface area contributed by atoms with Gasteiger partial charge in [0.25, 0.3) is 0 Å². The number of fused-ring (bicyclic) bond motifs is 1. The Labute approximate surface area is 177 Å². The zero-order chi connectivity index (χ0) is 21.6. The highest BCUT2D eigenvalue weighted by Gasteiger charge is 2.28. The highest BCUT2D eigenvalue weighted by Crippen LogP contribution is 2.34. The van der Waals surface area contributed by atoms with Crippen molar-refractivity contribution in [1.29, 1.82) is 0 Å². The number of methoxy groups -OCH3 is 1. The van der Waals surface area contributed by atoms with Crippen LogP contribution < -0.4 is 10.1 Å². The summed E-state index contributed by atoms with van der Waals surface area (Å²) >= 11 is 5.60. The van der Waals surface area contributed by atoms with Crippen molar-refractivity contribution in [3.63, 3.8) is 0 Å². The third-order valence-corrected chi connectivity index (χ3v) is 6.36. The predicted molar refractivity (Wildman–Crippen MR) is 121 cm³/mol. The minimum Gasteiger partial charge on any atom is -0.494 e. The van der Waals surface area contributed by atoms with E-state index in [1.165, 1.54) is 10.2 Å². The van der Waals surface area contributed by atoms with Crippen molar-refractivity contribution < 1.29 is 13.2 Å². The van der Waals surface area contributed by atoms with Gasteiger partial charge in [0.15, 0.2) is 5.11 Å². The van der Waals surface area contributed by atoms with Gasteiger partial charge in [-0.2, -0.15) is 0 Å². The van der Waals surface area contributed by atoms with Crippen molar-refractivity contribution in [2.75, 3.05) is 51.9 Å². The number of thiocarbonyl (C=S) groups is 1. The molecule has 0 atom stereocenters. The Morgan fingerprint density at radius 3 is 2.34 bits per heavy atom. The van der Waals surface area contributed by atoms with Gasteiger partial charge in [-0.15, -0.1) is 0 Å². The molecular weight excluding hydrogens is 410 g/mol. The van der Waals surface area contributed by atoms with E-state index in [0.717, 1.165) is 26.2 Å². The summed E-state index contributed by atoms with van der Waals surface area (Å²) in [5, 5.41) is 3.84. The van der Waals surface area contributed by atoms with E-state index in [-0.39, 0.29) is 0 Å². The molecule has 0 aliphatic carbocycles. The Hall–Kier alpha value is -1.91. The van der Waals surface area contributed by atoms with Crippen LogP contribution in [0.1, 0.15) is 26.6 Å². The number of aromatic nitrogens is 2. The van der Waals surface area contributed by atoms with Gasteiger partial charge in [-0.1, -0.05) is 20.8 Å². The molecule has 1 fully saturated rings. The summed E-state index contributed by atoms with van der Waals surface area (Å²) in [6.07, 6.45) is 1.19. The van der Waals surface area contributed by atoms with Crippen LogP contribution >= 0.6 is 12.2 Å². The fourth-order valence-corrected chi connectivity index (χ4v) is 4.79. The van der Waals surface area contributed by atoms with E-state index in [1.807, 2.05) is 20.8 Å². The summed E-state index contributed by atoms with van der Waals surface area (Å²) < 4.78 is 32.0. The molecule has 3 rings (SSSR count). The number of ether oxygens (including phenoxy) is 1. The number of anilines is 1. The Morgan fingerprint density at radius 1 is 1.21 bits per heavy atom. The lowest BCUT2D eigenvalue weighted by molar-refractivity contribution is 0.217. The molecule has 0 saturated carbocycles. The normalized spacial score (nSPS) is 16.3. The number of benzene rings is 1. The fourth-order valence-electron chi connectivity index (χ4n) is 3.36. The Kier molecular flexibility index (Phi) is 5.81. The quantitative estimate of drug-likeness (QED) is 0.729. The number of hydrogen-bond acceptors (Lipinski definition) is 6. The molecular formula is C19H29N5O3S2. The maximum Gasteiger partial charge on any atom is 0.237 e. The number of rotatable bonds is 3. The molecule has 0 amide bonds. The van der Waals surface area contributed by atoms with Gasteiger partial charge in [0.1, 0.15) is 11.6 Å². The average Bonchev–Trinajstić information content (AvgIpc) is 3.00. The van der Waals surface area contributed by atoms with Crippen molar-refractivity contribution in [2.45, 2.75) is 26.2 Å². The maximum atomic E-state index is 12.6. The van der Waals surface area contributed by atoms with Crippen LogP contribution in [0.5, 0.6) is 5.75 Å². The van der Waals surface area contributed by atoms with Crippen molar-refractivity contribution in [1.82, 2.24) is 18.8 Å². The maximum absolute atomic E-state index is 12.6. The second-order valence-electron chi connectivity index (χ2n) is 8.47. The molecule has 1 aromatic carbocycles. The smallest absolute Gasteiger partial charge is 0.237 e. The Balaban J connectivity index is 2.07. The first-order valence-electron chi connectivity index (χ1n) is 9.48. The van der Waals surface area contributed by atoms with Crippen LogP contribution in [-0.4, -0.2) is 78.9 Å². The SMILES string of the molecule is COc1cc2nc(C(C)(C)C)n(S(C)(=O)=O)c2cc1NC(=S)N1CCN(C)CC1. The molecule has 1 aromatic heterocycles. The molecule has 8 nitrogen and oxygen atoms in total. The molecule has 29 heavy (non-hydrogen) atoms. The van der Waals surface area contributed by atoms with Crippen LogP contribution in [0.25, 0.3) is 11.0 Å². The van der Waals surface area contributed by atoms with Gasteiger partial charge >= 0.3 is 0 Å². The lowest BCUT2D eigenvalue weighted by Gasteiger charge is -2.34. The van der Waals surface area contributed by atoms with Gasteiger partial charge in [0.05, 0.1) is 30.1 Å². The second-order valence-corrected chi connectivity index (χ2v) is 10.7. The molecule has 160 valence electrons. The van der Waals surface area contributed by atoms with Gasteiger partial charge in [-0.05, 0) is 25.3 Å². The van der Waals surface area contributed by atoms with E-state index in [1.54, 1.807) is 19.2 Å². The number of nitrogens with one attached hydrogen (secondary N) is 1. The highest BCUT2D eigenvalue weighted by atomic mass is 32.2. The lowest BCUT2D eigenvalue weighted by Crippen LogP contribution is -2.48. The molecule has 1 aliphatic heterocycles. The van der Waals surface area contributed by atoms with Crippen molar-refractivity contribution >= 4 is 44.1 Å². The Morgan fingerprint density at radius 2 is 1.83 bits per heavy atom. The first-order valence-corrected chi connectivity index (χ1v) is 11.7. The van der Waals surface area contributed by atoms with Crippen molar-refractivity contribution in [3.05, 3.63) is 18.0 Å². The summed E-state index contributed by atoms with van der Waals surface area (Å²) in [5.74, 6) is 1.04. The predicted octanol–water partition coefficient (Wildman–Crippen LogP) is 2.09. The Bertz CT molecular complexity index is 1030. The lowest BCUT2D eigenvalue weighted by atomic mass is 9.96. The van der Waals surface area contributed by atoms with Crippen LogP contribution in [-0.2, 0) is 15.4 Å². The number of hydrogen-bond donors (Lipinski definition) is 1. The summed E-state index contributed by atoms with van der Waals surface area (Å²) in [6.45, 7) is 9.37. The first kappa shape index (κ1) is 21.8. The first-order chi connectivity index (χ1) is 13.4. The minimum absolute atomic E-state index is 0.446. The molecule has 0 bridgehead atoms. The number of imidazole rings is 1. The molecule has 2 heterocycles. The second kappa shape index (κ2) is 7.73. The topological polar surface area (TPSA) is 79.7 Å². The van der Waals surface area contributed by atoms with Gasteiger partial charge in [0, 0.05) is 37.7 Å². The molecule has 1 saturated heterocycles. The van der Waals surface area contributed by atoms with Crippen molar-refractivity contribution in [2.24, 2.45) is 0 Å². The molecule has 1 N–H and O–H groups in total.